The van der Waals surface area contributed by atoms with Gasteiger partial charge in [0.2, 0.25) is 0 Å². The number of hydrogen-bond acceptors (Lipinski definition) is 4. The summed E-state index contributed by atoms with van der Waals surface area (Å²) < 4.78 is 10.6. The Balaban J connectivity index is 2.07. The summed E-state index contributed by atoms with van der Waals surface area (Å²) in [4.78, 5) is 23.2. The maximum absolute atomic E-state index is 11.7. The number of halogens is 1. The lowest BCUT2D eigenvalue weighted by Gasteiger charge is -2.19. The Morgan fingerprint density at radius 3 is 2.44 bits per heavy atom. The predicted molar refractivity (Wildman–Crippen MR) is 106 cm³/mol. The van der Waals surface area contributed by atoms with Crippen LogP contribution in [0.4, 0.5) is 9.59 Å². The number of alkyl halides is 1. The largest absolute Gasteiger partial charge is 0.445 e. The van der Waals surface area contributed by atoms with Gasteiger partial charge in [-0.1, -0.05) is 52.9 Å². The van der Waals surface area contributed by atoms with E-state index in [0.717, 1.165) is 18.4 Å². The van der Waals surface area contributed by atoms with E-state index in [9.17, 15) is 9.59 Å². The molecular weight excluding hydrogens is 435 g/mol. The average Bonchev–Trinajstić information content (AvgIpc) is 2.54. The van der Waals surface area contributed by atoms with Crippen molar-refractivity contribution in [2.24, 2.45) is 0 Å². The maximum Gasteiger partial charge on any atom is 0.407 e. The first-order valence-corrected chi connectivity index (χ1v) is 9.56. The van der Waals surface area contributed by atoms with E-state index in [1.54, 1.807) is 0 Å². The molecule has 0 aliphatic heterocycles. The average molecular weight is 462 g/mol. The van der Waals surface area contributed by atoms with Gasteiger partial charge in [-0.05, 0) is 39.2 Å². The molecule has 0 spiro atoms. The number of carbonyl (C=O) groups excluding carboxylic acids is 2. The summed E-state index contributed by atoms with van der Waals surface area (Å²) in [7, 11) is 0. The van der Waals surface area contributed by atoms with E-state index in [2.05, 4.69) is 33.2 Å². The molecule has 6 nitrogen and oxygen atoms in total. The zero-order chi connectivity index (χ0) is 18.7. The zero-order valence-corrected chi connectivity index (χ0v) is 17.2. The van der Waals surface area contributed by atoms with Crippen LogP contribution in [-0.2, 0) is 16.1 Å². The van der Waals surface area contributed by atoms with Crippen LogP contribution in [0.15, 0.2) is 30.3 Å². The summed E-state index contributed by atoms with van der Waals surface area (Å²) in [5.41, 5.74) is 0.469. The molecule has 0 fully saturated rings. The number of amides is 2. The van der Waals surface area contributed by atoms with Gasteiger partial charge in [-0.2, -0.15) is 0 Å². The van der Waals surface area contributed by atoms with Gasteiger partial charge in [0.05, 0.1) is 0 Å². The second kappa shape index (κ2) is 11.2. The molecule has 0 radical (unpaired) electrons. The zero-order valence-electron chi connectivity index (χ0n) is 15.0. The molecule has 0 unspecified atom stereocenters. The lowest BCUT2D eigenvalue weighted by Crippen LogP contribution is -2.33. The molecule has 1 atom stereocenters. The van der Waals surface area contributed by atoms with Crippen LogP contribution in [0, 0.1) is 0 Å². The fraction of sp³-hybridized carbons (Fsp3) is 0.556. The van der Waals surface area contributed by atoms with E-state index in [1.807, 2.05) is 51.1 Å². The highest BCUT2D eigenvalue weighted by atomic mass is 127. The van der Waals surface area contributed by atoms with Crippen LogP contribution in [-0.4, -0.2) is 34.8 Å². The minimum absolute atomic E-state index is 0.262. The third-order valence-electron chi connectivity index (χ3n) is 3.04. The highest BCUT2D eigenvalue weighted by Crippen LogP contribution is 2.09. The molecule has 0 aliphatic rings. The Kier molecular flexibility index (Phi) is 9.62. The van der Waals surface area contributed by atoms with Crippen LogP contribution in [0.5, 0.6) is 0 Å². The van der Waals surface area contributed by atoms with E-state index < -0.39 is 17.8 Å². The van der Waals surface area contributed by atoms with Crippen LogP contribution < -0.4 is 10.6 Å². The Labute approximate surface area is 163 Å². The molecule has 2 N–H and O–H groups in total. The monoisotopic (exact) mass is 462 g/mol. The number of benzene rings is 1. The SMILES string of the molecule is CC(C)(C)OC(=O)NCCC[C@H](I)CNC(=O)OCc1ccccc1. The Morgan fingerprint density at radius 2 is 1.80 bits per heavy atom. The quantitative estimate of drug-likeness (QED) is 0.348. The summed E-state index contributed by atoms with van der Waals surface area (Å²) in [5.74, 6) is 0. The Morgan fingerprint density at radius 1 is 1.12 bits per heavy atom. The van der Waals surface area contributed by atoms with E-state index in [1.165, 1.54) is 0 Å². The van der Waals surface area contributed by atoms with Crippen molar-refractivity contribution in [3.63, 3.8) is 0 Å². The van der Waals surface area contributed by atoms with Crippen molar-refractivity contribution in [3.8, 4) is 0 Å². The molecular formula is C18H27IN2O4. The Hall–Kier alpha value is -1.51. The van der Waals surface area contributed by atoms with Gasteiger partial charge in [0.25, 0.3) is 0 Å². The molecule has 0 saturated heterocycles. The van der Waals surface area contributed by atoms with Crippen LogP contribution >= 0.6 is 22.6 Å². The molecule has 0 aromatic heterocycles. The van der Waals surface area contributed by atoms with Crippen LogP contribution in [0.3, 0.4) is 0 Å². The fourth-order valence-corrected chi connectivity index (χ4v) is 2.56. The normalized spacial score (nSPS) is 12.2. The summed E-state index contributed by atoms with van der Waals surface area (Å²) in [6.07, 6.45) is 0.862. The van der Waals surface area contributed by atoms with Crippen molar-refractivity contribution in [2.75, 3.05) is 13.1 Å². The summed E-state index contributed by atoms with van der Waals surface area (Å²) in [5, 5.41) is 5.47. The van der Waals surface area contributed by atoms with Gasteiger partial charge in [-0.15, -0.1) is 0 Å². The standard InChI is InChI=1S/C18H27IN2O4/c1-18(2,3)25-17(23)20-11-7-10-15(19)12-21-16(22)24-13-14-8-5-4-6-9-14/h4-6,8-9,15H,7,10-13H2,1-3H3,(H,20,23)(H,21,22)/t15-/m0/s1. The van der Waals surface area contributed by atoms with E-state index in [-0.39, 0.29) is 10.5 Å². The van der Waals surface area contributed by atoms with Crippen LogP contribution in [0.2, 0.25) is 0 Å². The first-order valence-electron chi connectivity index (χ1n) is 8.32. The van der Waals surface area contributed by atoms with Gasteiger partial charge in [0, 0.05) is 17.0 Å². The summed E-state index contributed by atoms with van der Waals surface area (Å²) in [6, 6.07) is 9.55. The second-order valence-electron chi connectivity index (χ2n) is 6.61. The second-order valence-corrected chi connectivity index (χ2v) is 8.37. The van der Waals surface area contributed by atoms with Gasteiger partial charge < -0.3 is 20.1 Å². The van der Waals surface area contributed by atoms with Crippen molar-refractivity contribution in [2.45, 2.75) is 49.7 Å². The maximum atomic E-state index is 11.7. The molecule has 0 bridgehead atoms. The van der Waals surface area contributed by atoms with Gasteiger partial charge in [0.1, 0.15) is 12.2 Å². The minimum Gasteiger partial charge on any atom is -0.445 e. The molecule has 2 amide bonds. The van der Waals surface area contributed by atoms with Gasteiger partial charge >= 0.3 is 12.2 Å². The minimum atomic E-state index is -0.486. The van der Waals surface area contributed by atoms with Crippen molar-refractivity contribution in [1.29, 1.82) is 0 Å². The van der Waals surface area contributed by atoms with Crippen LogP contribution in [0.1, 0.15) is 39.2 Å². The smallest absolute Gasteiger partial charge is 0.407 e. The first-order chi connectivity index (χ1) is 11.8. The lowest BCUT2D eigenvalue weighted by molar-refractivity contribution is 0.0527. The molecule has 140 valence electrons. The number of nitrogens with one attached hydrogen (secondary N) is 2. The summed E-state index contributed by atoms with van der Waals surface area (Å²) >= 11 is 2.28. The number of hydrogen-bond donors (Lipinski definition) is 2. The number of ether oxygens (including phenoxy) is 2. The van der Waals surface area contributed by atoms with Crippen molar-refractivity contribution in [1.82, 2.24) is 10.6 Å². The molecule has 0 aliphatic carbocycles. The predicted octanol–water partition coefficient (Wildman–Crippen LogP) is 4.02. The number of rotatable bonds is 8. The third kappa shape index (κ3) is 11.6. The fourth-order valence-electron chi connectivity index (χ4n) is 1.90. The van der Waals surface area contributed by atoms with E-state index in [4.69, 9.17) is 9.47 Å². The molecule has 1 aromatic rings. The molecule has 0 heterocycles. The van der Waals surface area contributed by atoms with E-state index in [0.29, 0.717) is 13.1 Å². The van der Waals surface area contributed by atoms with Crippen molar-refractivity contribution >= 4 is 34.8 Å². The van der Waals surface area contributed by atoms with Gasteiger partial charge in [-0.25, -0.2) is 9.59 Å². The van der Waals surface area contributed by atoms with Gasteiger partial charge in [-0.3, -0.25) is 0 Å². The van der Waals surface area contributed by atoms with Crippen LogP contribution in [0.25, 0.3) is 0 Å². The number of alkyl carbamates (subject to hydrolysis) is 2. The van der Waals surface area contributed by atoms with Gasteiger partial charge in [0.15, 0.2) is 0 Å². The highest BCUT2D eigenvalue weighted by molar-refractivity contribution is 14.1. The highest BCUT2D eigenvalue weighted by Gasteiger charge is 2.15. The van der Waals surface area contributed by atoms with E-state index >= 15 is 0 Å². The molecule has 0 saturated carbocycles. The summed E-state index contributed by atoms with van der Waals surface area (Å²) in [6.45, 7) is 6.83. The van der Waals surface area contributed by atoms with Crippen molar-refractivity contribution in [3.05, 3.63) is 35.9 Å². The number of carbonyl (C=O) groups is 2. The molecule has 1 aromatic carbocycles. The molecule has 1 rings (SSSR count). The Bertz CT molecular complexity index is 532. The van der Waals surface area contributed by atoms with Crippen molar-refractivity contribution < 1.29 is 19.1 Å². The third-order valence-corrected chi connectivity index (χ3v) is 4.11. The topological polar surface area (TPSA) is 76.7 Å². The molecule has 25 heavy (non-hydrogen) atoms. The molecule has 7 heteroatoms. The lowest BCUT2D eigenvalue weighted by atomic mass is 10.2. The first kappa shape index (κ1) is 21.5.